The molecule has 2 unspecified atom stereocenters. The molecule has 102 valence electrons. The van der Waals surface area contributed by atoms with E-state index in [1.807, 2.05) is 27.7 Å². The maximum Gasteiger partial charge on any atom is 0.237 e. The highest BCUT2D eigenvalue weighted by atomic mass is 16.5. The predicted molar refractivity (Wildman–Crippen MR) is 67.3 cm³/mol. The molecule has 0 radical (unpaired) electrons. The molecule has 0 aromatic carbocycles. The summed E-state index contributed by atoms with van der Waals surface area (Å²) in [5.74, 6) is 0.636. The van der Waals surface area contributed by atoms with Crippen LogP contribution in [0, 0.1) is 0 Å². The Kier molecular flexibility index (Phi) is 5.02. The highest BCUT2D eigenvalue weighted by Gasteiger charge is 2.32. The van der Waals surface area contributed by atoms with Crippen molar-refractivity contribution in [2.45, 2.75) is 59.0 Å². The van der Waals surface area contributed by atoms with E-state index in [-0.39, 0.29) is 11.7 Å². The van der Waals surface area contributed by atoms with E-state index < -0.39 is 5.60 Å². The summed E-state index contributed by atoms with van der Waals surface area (Å²) in [6.07, 6.45) is 1.41. The van der Waals surface area contributed by atoms with E-state index >= 15 is 0 Å². The van der Waals surface area contributed by atoms with Gasteiger partial charge in [0.05, 0.1) is 5.92 Å². The van der Waals surface area contributed by atoms with E-state index in [2.05, 4.69) is 10.1 Å². The molecule has 1 heterocycles. The molecule has 5 heteroatoms. The molecule has 5 nitrogen and oxygen atoms in total. The molecule has 0 N–H and O–H groups in total. The lowest BCUT2D eigenvalue weighted by molar-refractivity contribution is -0.119. The van der Waals surface area contributed by atoms with Gasteiger partial charge in [-0.2, -0.15) is 4.98 Å². The second kappa shape index (κ2) is 6.09. The fourth-order valence-corrected chi connectivity index (χ4v) is 1.87. The first-order chi connectivity index (χ1) is 8.48. The van der Waals surface area contributed by atoms with E-state index in [0.717, 1.165) is 6.42 Å². The van der Waals surface area contributed by atoms with Gasteiger partial charge in [0.15, 0.2) is 0 Å². The molecule has 2 atom stereocenters. The van der Waals surface area contributed by atoms with Gasteiger partial charge in [-0.15, -0.1) is 0 Å². The van der Waals surface area contributed by atoms with Crippen LogP contribution in [0.2, 0.25) is 0 Å². The quantitative estimate of drug-likeness (QED) is 0.748. The predicted octanol–water partition coefficient (Wildman–Crippen LogP) is 2.81. The number of carbonyl (C=O) groups excluding carboxylic acids is 1. The number of rotatable bonds is 7. The van der Waals surface area contributed by atoms with Gasteiger partial charge >= 0.3 is 0 Å². The molecule has 0 saturated heterocycles. The number of Topliss-reactive ketones (excluding diaryl/α,β-unsaturated/α-hetero) is 1. The van der Waals surface area contributed by atoms with Crippen LogP contribution in [-0.2, 0) is 15.1 Å². The topological polar surface area (TPSA) is 65.2 Å². The fraction of sp³-hybridized carbons (Fsp3) is 0.769. The SMILES string of the molecule is CCOC(C)(CC)c1noc(C(CC)C(C)=O)n1. The van der Waals surface area contributed by atoms with Crippen molar-refractivity contribution < 1.29 is 14.1 Å². The van der Waals surface area contributed by atoms with Crippen LogP contribution in [0.25, 0.3) is 0 Å². The molecule has 1 aromatic rings. The zero-order valence-electron chi connectivity index (χ0n) is 11.8. The van der Waals surface area contributed by atoms with Gasteiger partial charge in [-0.3, -0.25) is 4.79 Å². The molecule has 0 spiro atoms. The van der Waals surface area contributed by atoms with Crippen molar-refractivity contribution in [2.75, 3.05) is 6.61 Å². The van der Waals surface area contributed by atoms with Crippen molar-refractivity contribution in [3.63, 3.8) is 0 Å². The molecule has 1 aromatic heterocycles. The molecule has 0 amide bonds. The zero-order valence-corrected chi connectivity index (χ0v) is 11.8. The average molecular weight is 254 g/mol. The van der Waals surface area contributed by atoms with E-state index in [1.54, 1.807) is 6.92 Å². The maximum atomic E-state index is 11.5. The normalized spacial score (nSPS) is 16.3. The van der Waals surface area contributed by atoms with Crippen molar-refractivity contribution >= 4 is 5.78 Å². The Balaban J connectivity index is 3.01. The van der Waals surface area contributed by atoms with Crippen LogP contribution in [0.1, 0.15) is 65.1 Å². The summed E-state index contributed by atoms with van der Waals surface area (Å²) in [6, 6.07) is 0. The highest BCUT2D eigenvalue weighted by Crippen LogP contribution is 2.28. The van der Waals surface area contributed by atoms with Crippen molar-refractivity contribution in [2.24, 2.45) is 0 Å². The number of hydrogen-bond acceptors (Lipinski definition) is 5. The molecule has 0 aliphatic heterocycles. The maximum absolute atomic E-state index is 11.5. The van der Waals surface area contributed by atoms with E-state index in [1.165, 1.54) is 0 Å². The monoisotopic (exact) mass is 254 g/mol. The Hall–Kier alpha value is -1.23. The minimum absolute atomic E-state index is 0.0438. The van der Waals surface area contributed by atoms with Gasteiger partial charge in [0.2, 0.25) is 11.7 Å². The second-order valence-corrected chi connectivity index (χ2v) is 4.55. The summed E-state index contributed by atoms with van der Waals surface area (Å²) in [7, 11) is 0. The summed E-state index contributed by atoms with van der Waals surface area (Å²) in [5.41, 5.74) is -0.550. The molecule has 18 heavy (non-hydrogen) atoms. The first-order valence-electron chi connectivity index (χ1n) is 6.46. The number of carbonyl (C=O) groups is 1. The third kappa shape index (κ3) is 2.96. The summed E-state index contributed by atoms with van der Waals surface area (Å²) >= 11 is 0. The molecular formula is C13H22N2O3. The summed E-state index contributed by atoms with van der Waals surface area (Å²) in [4.78, 5) is 15.8. The van der Waals surface area contributed by atoms with Gasteiger partial charge in [0.1, 0.15) is 11.4 Å². The van der Waals surface area contributed by atoms with Crippen LogP contribution in [0.15, 0.2) is 4.52 Å². The number of hydrogen-bond donors (Lipinski definition) is 0. The first-order valence-corrected chi connectivity index (χ1v) is 6.46. The van der Waals surface area contributed by atoms with Crippen LogP contribution in [-0.4, -0.2) is 22.5 Å². The summed E-state index contributed by atoms with van der Waals surface area (Å²) in [5, 5.41) is 3.97. The summed E-state index contributed by atoms with van der Waals surface area (Å²) in [6.45, 7) is 9.92. The molecule has 0 saturated carbocycles. The zero-order chi connectivity index (χ0) is 13.8. The van der Waals surface area contributed by atoms with Crippen molar-refractivity contribution in [3.05, 3.63) is 11.7 Å². The van der Waals surface area contributed by atoms with Gasteiger partial charge in [0.25, 0.3) is 0 Å². The number of ether oxygens (including phenoxy) is 1. The lowest BCUT2D eigenvalue weighted by Gasteiger charge is -2.23. The molecular weight excluding hydrogens is 232 g/mol. The van der Waals surface area contributed by atoms with Crippen LogP contribution in [0.4, 0.5) is 0 Å². The first kappa shape index (κ1) is 14.8. The Bertz CT molecular complexity index is 403. The Morgan fingerprint density at radius 2 is 2.11 bits per heavy atom. The third-order valence-corrected chi connectivity index (χ3v) is 3.25. The minimum atomic E-state index is -0.550. The largest absolute Gasteiger partial charge is 0.367 e. The van der Waals surface area contributed by atoms with Crippen LogP contribution >= 0.6 is 0 Å². The smallest absolute Gasteiger partial charge is 0.237 e. The number of ketones is 1. The van der Waals surface area contributed by atoms with Crippen LogP contribution in [0.3, 0.4) is 0 Å². The fourth-order valence-electron chi connectivity index (χ4n) is 1.87. The summed E-state index contributed by atoms with van der Waals surface area (Å²) < 4.78 is 10.9. The van der Waals surface area contributed by atoms with Crippen LogP contribution in [0.5, 0.6) is 0 Å². The van der Waals surface area contributed by atoms with Crippen molar-refractivity contribution in [1.29, 1.82) is 0 Å². The Morgan fingerprint density at radius 1 is 1.44 bits per heavy atom. The minimum Gasteiger partial charge on any atom is -0.367 e. The van der Waals surface area contributed by atoms with E-state index in [4.69, 9.17) is 9.26 Å². The van der Waals surface area contributed by atoms with Gasteiger partial charge < -0.3 is 9.26 Å². The third-order valence-electron chi connectivity index (χ3n) is 3.25. The average Bonchev–Trinajstić information content (AvgIpc) is 2.79. The second-order valence-electron chi connectivity index (χ2n) is 4.55. The van der Waals surface area contributed by atoms with Crippen LogP contribution < -0.4 is 0 Å². The lowest BCUT2D eigenvalue weighted by Crippen LogP contribution is -2.26. The van der Waals surface area contributed by atoms with Gasteiger partial charge in [-0.25, -0.2) is 0 Å². The molecule has 0 bridgehead atoms. The van der Waals surface area contributed by atoms with Gasteiger partial charge in [0, 0.05) is 6.61 Å². The van der Waals surface area contributed by atoms with Crippen molar-refractivity contribution in [3.8, 4) is 0 Å². The molecule has 0 aliphatic carbocycles. The number of aromatic nitrogens is 2. The van der Waals surface area contributed by atoms with Gasteiger partial charge in [-0.05, 0) is 33.6 Å². The molecule has 1 rings (SSSR count). The van der Waals surface area contributed by atoms with E-state index in [0.29, 0.717) is 24.7 Å². The molecule has 0 fully saturated rings. The van der Waals surface area contributed by atoms with E-state index in [9.17, 15) is 4.79 Å². The standard InChI is InChI=1S/C13H22N2O3/c1-6-10(9(4)16)11-14-12(15-18-11)13(5,7-2)17-8-3/h10H,6-8H2,1-5H3. The highest BCUT2D eigenvalue weighted by molar-refractivity contribution is 5.82. The Morgan fingerprint density at radius 3 is 2.56 bits per heavy atom. The number of nitrogens with zero attached hydrogens (tertiary/aromatic N) is 2. The molecule has 0 aliphatic rings. The van der Waals surface area contributed by atoms with Crippen molar-refractivity contribution in [1.82, 2.24) is 10.1 Å². The Labute approximate surface area is 108 Å². The van der Waals surface area contributed by atoms with Gasteiger partial charge in [-0.1, -0.05) is 19.0 Å². The lowest BCUT2D eigenvalue weighted by atomic mass is 10.0.